The largest absolute Gasteiger partial charge is 0.394 e. The highest BCUT2D eigenvalue weighted by molar-refractivity contribution is 5.85. The normalized spacial score (nSPS) is 23.7. The van der Waals surface area contributed by atoms with E-state index in [1.54, 1.807) is 0 Å². The molecule has 0 unspecified atom stereocenters. The number of aryl methyl sites for hydroxylation is 1. The molecular weight excluding hydrogens is 306 g/mol. The number of aliphatic hydroxyl groups is 1. The van der Waals surface area contributed by atoms with Crippen molar-refractivity contribution >= 4 is 12.4 Å². The van der Waals surface area contributed by atoms with Gasteiger partial charge in [0.1, 0.15) is 0 Å². The molecule has 0 radical (unpaired) electrons. The van der Waals surface area contributed by atoms with E-state index in [2.05, 4.69) is 31.2 Å². The predicted octanol–water partition coefficient (Wildman–Crippen LogP) is 4.97. The molecule has 0 saturated heterocycles. The van der Waals surface area contributed by atoms with Gasteiger partial charge in [-0.25, -0.2) is 0 Å². The summed E-state index contributed by atoms with van der Waals surface area (Å²) in [6, 6.07) is 9.13. The minimum atomic E-state index is -0.345. The van der Waals surface area contributed by atoms with Crippen LogP contribution in [0.4, 0.5) is 0 Å². The van der Waals surface area contributed by atoms with Crippen molar-refractivity contribution < 1.29 is 5.11 Å². The summed E-state index contributed by atoms with van der Waals surface area (Å²) in [5.74, 6) is 0.528. The van der Waals surface area contributed by atoms with Gasteiger partial charge in [0.15, 0.2) is 0 Å². The van der Waals surface area contributed by atoms with Gasteiger partial charge in [0.25, 0.3) is 0 Å². The zero-order chi connectivity index (χ0) is 15.8. The van der Waals surface area contributed by atoms with Crippen LogP contribution in [0.3, 0.4) is 0 Å². The Balaban J connectivity index is 0.00000264. The SMILES string of the molecule is CCCCCCCCc1ccc([C@@H]2CC[C@](N)(CO)C2)cc1.Cl. The molecule has 0 amide bonds. The first-order valence-electron chi connectivity index (χ1n) is 9.15. The van der Waals surface area contributed by atoms with Gasteiger partial charge in [-0.15, -0.1) is 12.4 Å². The second-order valence-corrected chi connectivity index (χ2v) is 7.22. The molecule has 3 N–H and O–H groups in total. The summed E-state index contributed by atoms with van der Waals surface area (Å²) in [7, 11) is 0. The van der Waals surface area contributed by atoms with Gasteiger partial charge in [-0.2, -0.15) is 0 Å². The molecule has 1 aromatic rings. The van der Waals surface area contributed by atoms with E-state index < -0.39 is 0 Å². The lowest BCUT2D eigenvalue weighted by Gasteiger charge is -2.21. The van der Waals surface area contributed by atoms with Gasteiger partial charge < -0.3 is 10.8 Å². The van der Waals surface area contributed by atoms with Crippen molar-refractivity contribution in [2.24, 2.45) is 5.73 Å². The number of nitrogens with two attached hydrogens (primary N) is 1. The number of hydrogen-bond acceptors (Lipinski definition) is 2. The Morgan fingerprint density at radius 2 is 1.74 bits per heavy atom. The molecule has 2 nitrogen and oxygen atoms in total. The van der Waals surface area contributed by atoms with E-state index in [0.717, 1.165) is 19.3 Å². The van der Waals surface area contributed by atoms with E-state index in [0.29, 0.717) is 5.92 Å². The maximum absolute atomic E-state index is 9.38. The van der Waals surface area contributed by atoms with Gasteiger partial charge in [0, 0.05) is 5.54 Å². The maximum atomic E-state index is 9.38. The molecule has 132 valence electrons. The molecule has 1 saturated carbocycles. The van der Waals surface area contributed by atoms with Crippen LogP contribution in [0.5, 0.6) is 0 Å². The molecule has 1 aromatic carbocycles. The predicted molar refractivity (Wildman–Crippen MR) is 101 cm³/mol. The lowest BCUT2D eigenvalue weighted by Crippen LogP contribution is -2.40. The highest BCUT2D eigenvalue weighted by Crippen LogP contribution is 2.39. The molecule has 0 bridgehead atoms. The van der Waals surface area contributed by atoms with E-state index in [1.165, 1.54) is 56.1 Å². The third-order valence-electron chi connectivity index (χ3n) is 5.23. The fourth-order valence-corrected chi connectivity index (χ4v) is 3.65. The van der Waals surface area contributed by atoms with Crippen molar-refractivity contribution in [1.82, 2.24) is 0 Å². The first kappa shape index (κ1) is 20.5. The fraction of sp³-hybridized carbons (Fsp3) is 0.700. The van der Waals surface area contributed by atoms with Gasteiger partial charge in [-0.3, -0.25) is 0 Å². The molecule has 1 fully saturated rings. The number of benzene rings is 1. The summed E-state index contributed by atoms with van der Waals surface area (Å²) in [6.07, 6.45) is 12.3. The first-order chi connectivity index (χ1) is 10.7. The van der Waals surface area contributed by atoms with Gasteiger partial charge in [-0.05, 0) is 49.1 Å². The zero-order valence-corrected chi connectivity index (χ0v) is 15.4. The van der Waals surface area contributed by atoms with Crippen LogP contribution in [0, 0.1) is 0 Å². The van der Waals surface area contributed by atoms with Gasteiger partial charge in [0.2, 0.25) is 0 Å². The van der Waals surface area contributed by atoms with Crippen molar-refractivity contribution in [2.45, 2.75) is 82.6 Å². The lowest BCUT2D eigenvalue weighted by atomic mass is 9.92. The zero-order valence-electron chi connectivity index (χ0n) is 14.6. The third kappa shape index (κ3) is 6.45. The second kappa shape index (κ2) is 10.3. The minimum absolute atomic E-state index is 0. The summed E-state index contributed by atoms with van der Waals surface area (Å²) in [6.45, 7) is 2.38. The van der Waals surface area contributed by atoms with Crippen LogP contribution in [0.1, 0.15) is 81.8 Å². The van der Waals surface area contributed by atoms with Gasteiger partial charge >= 0.3 is 0 Å². The summed E-state index contributed by atoms with van der Waals surface area (Å²) in [5, 5.41) is 9.38. The summed E-state index contributed by atoms with van der Waals surface area (Å²) >= 11 is 0. The van der Waals surface area contributed by atoms with Crippen molar-refractivity contribution in [3.8, 4) is 0 Å². The fourth-order valence-electron chi connectivity index (χ4n) is 3.65. The molecule has 3 heteroatoms. The number of halogens is 1. The van der Waals surface area contributed by atoms with Crippen LogP contribution in [0.15, 0.2) is 24.3 Å². The smallest absolute Gasteiger partial charge is 0.0611 e. The van der Waals surface area contributed by atoms with E-state index in [1.807, 2.05) is 0 Å². The quantitative estimate of drug-likeness (QED) is 0.624. The molecule has 23 heavy (non-hydrogen) atoms. The molecule has 0 heterocycles. The van der Waals surface area contributed by atoms with E-state index in [4.69, 9.17) is 5.73 Å². The van der Waals surface area contributed by atoms with Crippen LogP contribution < -0.4 is 5.73 Å². The molecule has 0 aromatic heterocycles. The molecule has 2 rings (SSSR count). The molecule has 0 aliphatic heterocycles. The van der Waals surface area contributed by atoms with Gasteiger partial charge in [0.05, 0.1) is 6.61 Å². The third-order valence-corrected chi connectivity index (χ3v) is 5.23. The molecule has 1 aliphatic carbocycles. The van der Waals surface area contributed by atoms with Crippen LogP contribution in [0.2, 0.25) is 0 Å². The maximum Gasteiger partial charge on any atom is 0.0611 e. The van der Waals surface area contributed by atoms with Crippen LogP contribution >= 0.6 is 12.4 Å². The lowest BCUT2D eigenvalue weighted by molar-refractivity contribution is 0.198. The van der Waals surface area contributed by atoms with E-state index in [-0.39, 0.29) is 24.6 Å². The molecule has 2 atom stereocenters. The van der Waals surface area contributed by atoms with Crippen LogP contribution in [-0.2, 0) is 6.42 Å². The monoisotopic (exact) mass is 339 g/mol. The molecule has 1 aliphatic rings. The number of rotatable bonds is 9. The van der Waals surface area contributed by atoms with Crippen molar-refractivity contribution in [2.75, 3.05) is 6.61 Å². The Morgan fingerprint density at radius 3 is 2.35 bits per heavy atom. The van der Waals surface area contributed by atoms with Gasteiger partial charge in [-0.1, -0.05) is 63.3 Å². The van der Waals surface area contributed by atoms with E-state index in [9.17, 15) is 5.11 Å². The average molecular weight is 340 g/mol. The number of unbranched alkanes of at least 4 members (excludes halogenated alkanes) is 5. The van der Waals surface area contributed by atoms with Crippen LogP contribution in [-0.4, -0.2) is 17.3 Å². The summed E-state index contributed by atoms with van der Waals surface area (Å²) in [4.78, 5) is 0. The Bertz CT molecular complexity index is 434. The molecule has 0 spiro atoms. The first-order valence-corrected chi connectivity index (χ1v) is 9.15. The van der Waals surface area contributed by atoms with Crippen molar-refractivity contribution in [3.63, 3.8) is 0 Å². The van der Waals surface area contributed by atoms with Crippen molar-refractivity contribution in [3.05, 3.63) is 35.4 Å². The summed E-state index contributed by atoms with van der Waals surface area (Å²) < 4.78 is 0. The number of hydrogen-bond donors (Lipinski definition) is 2. The average Bonchev–Trinajstić information content (AvgIpc) is 2.94. The number of aliphatic hydroxyl groups excluding tert-OH is 1. The van der Waals surface area contributed by atoms with Crippen LogP contribution in [0.25, 0.3) is 0 Å². The standard InChI is InChI=1S/C20H33NO.ClH/c1-2-3-4-5-6-7-8-17-9-11-18(12-10-17)19-13-14-20(21,15-19)16-22;/h9-12,19,22H,2-8,13-16,21H2,1H3;1H/t19-,20-;/m1./s1. The van der Waals surface area contributed by atoms with E-state index >= 15 is 0 Å². The minimum Gasteiger partial charge on any atom is -0.394 e. The Hall–Kier alpha value is -0.570. The highest BCUT2D eigenvalue weighted by atomic mass is 35.5. The Kier molecular flexibility index (Phi) is 9.19. The molecular formula is C20H34ClNO. The Morgan fingerprint density at radius 1 is 1.09 bits per heavy atom. The highest BCUT2D eigenvalue weighted by Gasteiger charge is 2.35. The Labute approximate surface area is 148 Å². The summed E-state index contributed by atoms with van der Waals surface area (Å²) in [5.41, 5.74) is 8.69. The second-order valence-electron chi connectivity index (χ2n) is 7.22. The van der Waals surface area contributed by atoms with Crippen molar-refractivity contribution in [1.29, 1.82) is 0 Å². The topological polar surface area (TPSA) is 46.2 Å².